The third-order valence-electron chi connectivity index (χ3n) is 2.77. The quantitative estimate of drug-likeness (QED) is 0.780. The van der Waals surface area contributed by atoms with Crippen LogP contribution in [-0.2, 0) is 13.5 Å². The van der Waals surface area contributed by atoms with Gasteiger partial charge in [0, 0.05) is 18.8 Å². The van der Waals surface area contributed by atoms with Crippen molar-refractivity contribution in [1.29, 1.82) is 0 Å². The lowest BCUT2D eigenvalue weighted by Gasteiger charge is -2.09. The fourth-order valence-corrected chi connectivity index (χ4v) is 1.96. The Kier molecular flexibility index (Phi) is 4.82. The van der Waals surface area contributed by atoms with E-state index in [1.807, 2.05) is 18.7 Å². The SMILES string of the molecule is CCCC(N)CCCc1cc(C)nn1C. The van der Waals surface area contributed by atoms with E-state index in [-0.39, 0.29) is 0 Å². The molecule has 0 spiro atoms. The zero-order valence-corrected chi connectivity index (χ0v) is 10.2. The summed E-state index contributed by atoms with van der Waals surface area (Å²) in [6.07, 6.45) is 5.71. The molecule has 0 aliphatic rings. The van der Waals surface area contributed by atoms with Crippen molar-refractivity contribution in [3.05, 3.63) is 17.5 Å². The number of hydrogen-bond acceptors (Lipinski definition) is 2. The minimum atomic E-state index is 0.379. The Bertz CT molecular complexity index is 291. The number of aromatic nitrogens is 2. The third kappa shape index (κ3) is 4.04. The molecule has 3 heteroatoms. The summed E-state index contributed by atoms with van der Waals surface area (Å²) < 4.78 is 1.97. The van der Waals surface area contributed by atoms with Gasteiger partial charge in [-0.25, -0.2) is 0 Å². The number of rotatable bonds is 6. The molecule has 1 rings (SSSR count). The van der Waals surface area contributed by atoms with Crippen LogP contribution in [0.1, 0.15) is 44.0 Å². The summed E-state index contributed by atoms with van der Waals surface area (Å²) in [6.45, 7) is 4.22. The number of nitrogens with two attached hydrogens (primary N) is 1. The normalized spacial score (nSPS) is 13.1. The van der Waals surface area contributed by atoms with Crippen molar-refractivity contribution in [3.63, 3.8) is 0 Å². The Morgan fingerprint density at radius 1 is 1.47 bits per heavy atom. The first-order chi connectivity index (χ1) is 7.13. The number of aryl methyl sites for hydroxylation is 3. The molecule has 15 heavy (non-hydrogen) atoms. The van der Waals surface area contributed by atoms with Gasteiger partial charge in [-0.2, -0.15) is 5.10 Å². The van der Waals surface area contributed by atoms with Crippen LogP contribution in [0.25, 0.3) is 0 Å². The van der Waals surface area contributed by atoms with E-state index in [1.165, 1.54) is 18.5 Å². The molecule has 0 radical (unpaired) electrons. The van der Waals surface area contributed by atoms with Crippen LogP contribution in [0.3, 0.4) is 0 Å². The van der Waals surface area contributed by atoms with Crippen LogP contribution in [0.5, 0.6) is 0 Å². The molecule has 86 valence electrons. The van der Waals surface area contributed by atoms with Crippen LogP contribution < -0.4 is 5.73 Å². The highest BCUT2D eigenvalue weighted by molar-refractivity contribution is 5.08. The molecule has 2 N–H and O–H groups in total. The lowest BCUT2D eigenvalue weighted by atomic mass is 10.0. The van der Waals surface area contributed by atoms with E-state index in [0.29, 0.717) is 6.04 Å². The molecule has 1 unspecified atom stereocenters. The van der Waals surface area contributed by atoms with Crippen LogP contribution in [0, 0.1) is 6.92 Å². The highest BCUT2D eigenvalue weighted by atomic mass is 15.3. The maximum atomic E-state index is 5.97. The van der Waals surface area contributed by atoms with Crippen molar-refractivity contribution >= 4 is 0 Å². The highest BCUT2D eigenvalue weighted by Crippen LogP contribution is 2.09. The standard InChI is InChI=1S/C12H23N3/c1-4-6-11(13)7-5-8-12-9-10(2)14-15(12)3/h9,11H,4-8,13H2,1-3H3. The minimum absolute atomic E-state index is 0.379. The molecule has 1 atom stereocenters. The average molecular weight is 209 g/mol. The second kappa shape index (κ2) is 5.91. The van der Waals surface area contributed by atoms with Crippen molar-refractivity contribution < 1.29 is 0 Å². The van der Waals surface area contributed by atoms with Gasteiger partial charge in [0.15, 0.2) is 0 Å². The lowest BCUT2D eigenvalue weighted by molar-refractivity contribution is 0.532. The summed E-state index contributed by atoms with van der Waals surface area (Å²) >= 11 is 0. The second-order valence-corrected chi connectivity index (χ2v) is 4.34. The molecule has 1 aromatic heterocycles. The van der Waals surface area contributed by atoms with Gasteiger partial charge in [-0.05, 0) is 38.7 Å². The Labute approximate surface area is 92.7 Å². The van der Waals surface area contributed by atoms with Crippen LogP contribution in [-0.4, -0.2) is 15.8 Å². The van der Waals surface area contributed by atoms with Crippen molar-refractivity contribution in [3.8, 4) is 0 Å². The van der Waals surface area contributed by atoms with E-state index in [2.05, 4.69) is 18.1 Å². The topological polar surface area (TPSA) is 43.8 Å². The van der Waals surface area contributed by atoms with Crippen molar-refractivity contribution in [2.24, 2.45) is 12.8 Å². The smallest absolute Gasteiger partial charge is 0.0596 e. The lowest BCUT2D eigenvalue weighted by Crippen LogP contribution is -2.19. The van der Waals surface area contributed by atoms with Gasteiger partial charge in [0.2, 0.25) is 0 Å². The zero-order chi connectivity index (χ0) is 11.3. The molecular formula is C12H23N3. The predicted molar refractivity (Wildman–Crippen MR) is 63.8 cm³/mol. The largest absolute Gasteiger partial charge is 0.328 e. The van der Waals surface area contributed by atoms with Crippen LogP contribution in [0.4, 0.5) is 0 Å². The molecule has 0 bridgehead atoms. The van der Waals surface area contributed by atoms with E-state index < -0.39 is 0 Å². The van der Waals surface area contributed by atoms with Gasteiger partial charge in [0.05, 0.1) is 5.69 Å². The average Bonchev–Trinajstić information content (AvgIpc) is 2.46. The summed E-state index contributed by atoms with van der Waals surface area (Å²) in [6, 6.07) is 2.54. The molecule has 0 aliphatic heterocycles. The van der Waals surface area contributed by atoms with Gasteiger partial charge >= 0.3 is 0 Å². The molecule has 0 saturated carbocycles. The van der Waals surface area contributed by atoms with E-state index >= 15 is 0 Å². The van der Waals surface area contributed by atoms with Gasteiger partial charge in [0.25, 0.3) is 0 Å². The molecule has 0 fully saturated rings. The molecule has 3 nitrogen and oxygen atoms in total. The summed E-state index contributed by atoms with van der Waals surface area (Å²) in [4.78, 5) is 0. The van der Waals surface area contributed by atoms with Gasteiger partial charge < -0.3 is 5.73 Å². The summed E-state index contributed by atoms with van der Waals surface area (Å²) in [5, 5.41) is 4.33. The maximum Gasteiger partial charge on any atom is 0.0596 e. The maximum absolute atomic E-state index is 5.97. The van der Waals surface area contributed by atoms with Crippen molar-refractivity contribution in [2.75, 3.05) is 0 Å². The van der Waals surface area contributed by atoms with E-state index in [4.69, 9.17) is 5.73 Å². The van der Waals surface area contributed by atoms with Gasteiger partial charge in [0.1, 0.15) is 0 Å². The predicted octanol–water partition coefficient (Wildman–Crippen LogP) is 2.18. The molecular weight excluding hydrogens is 186 g/mol. The van der Waals surface area contributed by atoms with Gasteiger partial charge in [-0.1, -0.05) is 13.3 Å². The first-order valence-electron chi connectivity index (χ1n) is 5.88. The Morgan fingerprint density at radius 2 is 2.20 bits per heavy atom. The van der Waals surface area contributed by atoms with E-state index in [0.717, 1.165) is 25.0 Å². The zero-order valence-electron chi connectivity index (χ0n) is 10.2. The number of nitrogens with zero attached hydrogens (tertiary/aromatic N) is 2. The Morgan fingerprint density at radius 3 is 2.73 bits per heavy atom. The van der Waals surface area contributed by atoms with Crippen LogP contribution in [0.2, 0.25) is 0 Å². The van der Waals surface area contributed by atoms with E-state index in [9.17, 15) is 0 Å². The van der Waals surface area contributed by atoms with Crippen molar-refractivity contribution in [2.45, 2.75) is 52.0 Å². The third-order valence-corrected chi connectivity index (χ3v) is 2.77. The molecule has 1 aromatic rings. The molecule has 1 heterocycles. The van der Waals surface area contributed by atoms with Gasteiger partial charge in [-0.15, -0.1) is 0 Å². The Balaban J connectivity index is 2.28. The second-order valence-electron chi connectivity index (χ2n) is 4.34. The summed E-state index contributed by atoms with van der Waals surface area (Å²) in [5.74, 6) is 0. The van der Waals surface area contributed by atoms with Crippen molar-refractivity contribution in [1.82, 2.24) is 9.78 Å². The first-order valence-corrected chi connectivity index (χ1v) is 5.88. The first kappa shape index (κ1) is 12.2. The molecule has 0 aliphatic carbocycles. The van der Waals surface area contributed by atoms with Gasteiger partial charge in [-0.3, -0.25) is 4.68 Å². The molecule has 0 aromatic carbocycles. The highest BCUT2D eigenvalue weighted by Gasteiger charge is 2.04. The van der Waals surface area contributed by atoms with Crippen LogP contribution >= 0.6 is 0 Å². The summed E-state index contributed by atoms with van der Waals surface area (Å²) in [5.41, 5.74) is 8.39. The molecule has 0 saturated heterocycles. The summed E-state index contributed by atoms with van der Waals surface area (Å²) in [7, 11) is 2.01. The van der Waals surface area contributed by atoms with Crippen LogP contribution in [0.15, 0.2) is 6.07 Å². The molecule has 0 amide bonds. The minimum Gasteiger partial charge on any atom is -0.328 e. The monoisotopic (exact) mass is 209 g/mol. The Hall–Kier alpha value is -0.830. The number of hydrogen-bond donors (Lipinski definition) is 1. The fourth-order valence-electron chi connectivity index (χ4n) is 1.96. The fraction of sp³-hybridized carbons (Fsp3) is 0.750. The van der Waals surface area contributed by atoms with E-state index in [1.54, 1.807) is 0 Å².